The van der Waals surface area contributed by atoms with Gasteiger partial charge in [-0.1, -0.05) is 6.08 Å². The van der Waals surface area contributed by atoms with Crippen LogP contribution in [0.1, 0.15) is 23.6 Å². The fraction of sp³-hybridized carbons (Fsp3) is 0.333. The van der Waals surface area contributed by atoms with Crippen molar-refractivity contribution in [3.05, 3.63) is 53.1 Å². The van der Waals surface area contributed by atoms with E-state index in [1.165, 1.54) is 0 Å². The van der Waals surface area contributed by atoms with Crippen LogP contribution >= 0.6 is 11.8 Å². The van der Waals surface area contributed by atoms with Crippen LogP contribution in [0.5, 0.6) is 17.2 Å². The molecule has 0 bridgehead atoms. The summed E-state index contributed by atoms with van der Waals surface area (Å²) in [6.45, 7) is 3.18. The van der Waals surface area contributed by atoms with Gasteiger partial charge in [-0.05, 0) is 55.8 Å². The van der Waals surface area contributed by atoms with Crippen molar-refractivity contribution in [3.63, 3.8) is 0 Å². The maximum atomic E-state index is 13.1. The molecule has 138 valence electrons. The first kappa shape index (κ1) is 18.6. The van der Waals surface area contributed by atoms with Crippen molar-refractivity contribution in [3.8, 4) is 17.2 Å². The van der Waals surface area contributed by atoms with Crippen LogP contribution in [0, 0.1) is 6.92 Å². The number of ether oxygens (including phenoxy) is 3. The molecule has 0 aliphatic carbocycles. The van der Waals surface area contributed by atoms with E-state index in [1.807, 2.05) is 37.3 Å². The molecule has 0 N–H and O–H groups in total. The fourth-order valence-corrected chi connectivity index (χ4v) is 3.73. The lowest BCUT2D eigenvalue weighted by Gasteiger charge is -2.29. The lowest BCUT2D eigenvalue weighted by Crippen LogP contribution is -2.34. The second-order valence-corrected chi connectivity index (χ2v) is 7.54. The lowest BCUT2D eigenvalue weighted by atomic mass is 10.0. The molecule has 2 aromatic rings. The van der Waals surface area contributed by atoms with Gasteiger partial charge < -0.3 is 14.2 Å². The maximum Gasteiger partial charge on any atom is 0.153 e. The second kappa shape index (κ2) is 7.62. The Labute approximate surface area is 158 Å². The van der Waals surface area contributed by atoms with E-state index in [9.17, 15) is 4.39 Å². The minimum absolute atomic E-state index is 0.545. The van der Waals surface area contributed by atoms with Crippen molar-refractivity contribution in [2.24, 2.45) is 0 Å². The molecule has 1 heterocycles. The number of halogens is 1. The predicted molar refractivity (Wildman–Crippen MR) is 104 cm³/mol. The molecule has 0 fully saturated rings. The maximum absolute atomic E-state index is 13.1. The van der Waals surface area contributed by atoms with Crippen LogP contribution in [0.15, 0.2) is 41.3 Å². The number of hydrogen-bond donors (Lipinski definition) is 0. The number of methoxy groups -OCH3 is 2. The third kappa shape index (κ3) is 3.83. The number of rotatable bonds is 6. The summed E-state index contributed by atoms with van der Waals surface area (Å²) >= 11 is 1.72. The molecule has 2 aromatic carbocycles. The molecule has 3 nitrogen and oxygen atoms in total. The molecule has 3 rings (SSSR count). The van der Waals surface area contributed by atoms with Gasteiger partial charge >= 0.3 is 0 Å². The Kier molecular flexibility index (Phi) is 5.47. The van der Waals surface area contributed by atoms with Crippen LogP contribution in [0.3, 0.4) is 0 Å². The summed E-state index contributed by atoms with van der Waals surface area (Å²) in [6.07, 6.45) is 3.71. The second-order valence-electron chi connectivity index (χ2n) is 6.50. The Balaban J connectivity index is 1.76. The topological polar surface area (TPSA) is 27.7 Å². The highest BCUT2D eigenvalue weighted by Crippen LogP contribution is 2.36. The predicted octanol–water partition coefficient (Wildman–Crippen LogP) is 5.44. The molecule has 1 unspecified atom stereocenters. The summed E-state index contributed by atoms with van der Waals surface area (Å²) in [4.78, 5) is 1.12. The zero-order valence-electron chi connectivity index (χ0n) is 15.5. The molecule has 0 amide bonds. The van der Waals surface area contributed by atoms with Crippen molar-refractivity contribution in [2.45, 2.75) is 30.1 Å². The first-order chi connectivity index (χ1) is 12.5. The van der Waals surface area contributed by atoms with E-state index >= 15 is 0 Å². The summed E-state index contributed by atoms with van der Waals surface area (Å²) in [5.41, 5.74) is 2.23. The number of hydrogen-bond acceptors (Lipinski definition) is 4. The fourth-order valence-electron chi connectivity index (χ4n) is 2.85. The summed E-state index contributed by atoms with van der Waals surface area (Å²) < 4.78 is 29.7. The van der Waals surface area contributed by atoms with Crippen LogP contribution in [0.2, 0.25) is 0 Å². The molecule has 26 heavy (non-hydrogen) atoms. The van der Waals surface area contributed by atoms with Gasteiger partial charge in [0.2, 0.25) is 0 Å². The molecule has 0 saturated carbocycles. The summed E-state index contributed by atoms with van der Waals surface area (Å²) in [5.74, 6) is 3.16. The van der Waals surface area contributed by atoms with Crippen molar-refractivity contribution in [2.75, 3.05) is 20.9 Å². The largest absolute Gasteiger partial charge is 0.496 e. The van der Waals surface area contributed by atoms with E-state index in [0.29, 0.717) is 0 Å². The van der Waals surface area contributed by atoms with E-state index in [1.54, 1.807) is 39.0 Å². The molecule has 0 aromatic heterocycles. The Morgan fingerprint density at radius 1 is 1.12 bits per heavy atom. The van der Waals surface area contributed by atoms with Gasteiger partial charge in [-0.25, -0.2) is 4.39 Å². The van der Waals surface area contributed by atoms with Gasteiger partial charge in [0.1, 0.15) is 23.9 Å². The highest BCUT2D eigenvalue weighted by molar-refractivity contribution is 7.98. The smallest absolute Gasteiger partial charge is 0.153 e. The first-order valence-electron chi connectivity index (χ1n) is 8.40. The number of thioether (sulfide) groups is 1. The van der Waals surface area contributed by atoms with Crippen molar-refractivity contribution < 1.29 is 18.6 Å². The molecular formula is C21H23FO3S. The van der Waals surface area contributed by atoms with E-state index in [2.05, 4.69) is 6.07 Å². The third-order valence-electron chi connectivity index (χ3n) is 4.42. The molecule has 1 atom stereocenters. The highest BCUT2D eigenvalue weighted by Gasteiger charge is 2.27. The Hall–Kier alpha value is -2.14. The summed E-state index contributed by atoms with van der Waals surface area (Å²) in [6, 6.07) is 10.1. The van der Waals surface area contributed by atoms with Crippen molar-refractivity contribution in [1.82, 2.24) is 0 Å². The van der Waals surface area contributed by atoms with Gasteiger partial charge in [0.05, 0.1) is 14.2 Å². The molecule has 1 aliphatic heterocycles. The highest BCUT2D eigenvalue weighted by atomic mass is 32.2. The van der Waals surface area contributed by atoms with Crippen LogP contribution in [-0.2, 0) is 5.75 Å². The van der Waals surface area contributed by atoms with E-state index in [4.69, 9.17) is 14.2 Å². The van der Waals surface area contributed by atoms with Crippen molar-refractivity contribution >= 4 is 17.8 Å². The zero-order valence-corrected chi connectivity index (χ0v) is 16.3. The average Bonchev–Trinajstić information content (AvgIpc) is 2.67. The Bertz CT molecular complexity index is 809. The number of alkyl halides is 1. The molecule has 0 saturated heterocycles. The normalized spacial score (nSPS) is 18.2. The zero-order chi connectivity index (χ0) is 18.7. The average molecular weight is 373 g/mol. The number of benzene rings is 2. The van der Waals surface area contributed by atoms with Crippen molar-refractivity contribution in [1.29, 1.82) is 0 Å². The van der Waals surface area contributed by atoms with Gasteiger partial charge in [-0.15, -0.1) is 11.8 Å². The SMILES string of the molecule is COc1cc(CSc2ccc3c(c2)C=CC(C)(C[18F])O3)cc(OC)c1C. The van der Waals surface area contributed by atoms with Crippen LogP contribution in [0.4, 0.5) is 4.39 Å². The minimum atomic E-state index is -0.864. The minimum Gasteiger partial charge on any atom is -0.496 e. The van der Waals surface area contributed by atoms with Crippen LogP contribution in [-0.4, -0.2) is 26.5 Å². The first-order valence-corrected chi connectivity index (χ1v) is 9.39. The van der Waals surface area contributed by atoms with Gasteiger partial charge in [-0.3, -0.25) is 0 Å². The Morgan fingerprint density at radius 2 is 1.81 bits per heavy atom. The van der Waals surface area contributed by atoms with Crippen LogP contribution in [0.25, 0.3) is 6.08 Å². The van der Waals surface area contributed by atoms with Gasteiger partial charge in [0.15, 0.2) is 5.60 Å². The number of fused-ring (bicyclic) bond motifs is 1. The molecule has 0 spiro atoms. The molecule has 0 radical (unpaired) electrons. The van der Waals surface area contributed by atoms with E-state index < -0.39 is 12.3 Å². The van der Waals surface area contributed by atoms with Crippen LogP contribution < -0.4 is 14.2 Å². The standard InChI is InChI=1S/C21H23FO3S/c1-14-19(23-3)9-15(10-20(14)24-4)12-26-17-5-6-18-16(11-17)7-8-21(2,13-22)25-18/h5-11H,12-13H2,1-4H3/i22-1. The monoisotopic (exact) mass is 373 g/mol. The molecule has 1 aliphatic rings. The lowest BCUT2D eigenvalue weighted by molar-refractivity contribution is 0.105. The molecular weight excluding hydrogens is 350 g/mol. The summed E-state index contributed by atoms with van der Waals surface area (Å²) in [5, 5.41) is 0. The molecule has 5 heteroatoms. The quantitative estimate of drug-likeness (QED) is 0.630. The van der Waals surface area contributed by atoms with E-state index in [-0.39, 0.29) is 0 Å². The van der Waals surface area contributed by atoms with Gasteiger partial charge in [0, 0.05) is 21.8 Å². The van der Waals surface area contributed by atoms with E-state index in [0.717, 1.165) is 44.6 Å². The third-order valence-corrected chi connectivity index (χ3v) is 5.49. The van der Waals surface area contributed by atoms with Gasteiger partial charge in [-0.2, -0.15) is 0 Å². The van der Waals surface area contributed by atoms with Gasteiger partial charge in [0.25, 0.3) is 0 Å². The summed E-state index contributed by atoms with van der Waals surface area (Å²) in [7, 11) is 3.33. The Morgan fingerprint density at radius 3 is 2.42 bits per heavy atom.